The van der Waals surface area contributed by atoms with Gasteiger partial charge in [0.1, 0.15) is 0 Å². The minimum absolute atomic E-state index is 0.0912. The van der Waals surface area contributed by atoms with Crippen molar-refractivity contribution in [1.82, 2.24) is 30.0 Å². The minimum atomic E-state index is -0.223. The molecule has 0 unspecified atom stereocenters. The highest BCUT2D eigenvalue weighted by Gasteiger charge is 2.33. The Hall–Kier alpha value is -3.01. The average Bonchev–Trinajstić information content (AvgIpc) is 3.60. The van der Waals surface area contributed by atoms with E-state index in [1.54, 1.807) is 23.5 Å². The second-order valence-electron chi connectivity index (χ2n) is 7.50. The number of carbonyl (C=O) groups excluding carboxylic acids is 1. The number of piperazine rings is 1. The zero-order chi connectivity index (χ0) is 21.9. The third-order valence-corrected chi connectivity index (χ3v) is 6.79. The summed E-state index contributed by atoms with van der Waals surface area (Å²) in [5.74, 6) is 1.00. The zero-order valence-electron chi connectivity index (χ0n) is 17.2. The number of thiophene rings is 1. The maximum absolute atomic E-state index is 12.7. The smallest absolute Gasteiger partial charge is 0.289 e. The van der Waals surface area contributed by atoms with Crippen LogP contribution in [0.3, 0.4) is 0 Å². The van der Waals surface area contributed by atoms with E-state index in [9.17, 15) is 4.79 Å². The molecule has 3 aromatic heterocycles. The van der Waals surface area contributed by atoms with Gasteiger partial charge in [0.25, 0.3) is 5.91 Å². The van der Waals surface area contributed by atoms with Crippen LogP contribution in [0.15, 0.2) is 64.6 Å². The molecule has 4 aromatic rings. The first-order valence-electron chi connectivity index (χ1n) is 10.3. The summed E-state index contributed by atoms with van der Waals surface area (Å²) in [6.45, 7) is 3.07. The van der Waals surface area contributed by atoms with Gasteiger partial charge < -0.3 is 9.32 Å². The van der Waals surface area contributed by atoms with Gasteiger partial charge in [-0.3, -0.25) is 9.69 Å². The van der Waals surface area contributed by atoms with Crippen LogP contribution in [0.5, 0.6) is 0 Å². The monoisotopic (exact) mass is 468 g/mol. The standard InChI is InChI=1S/C22H21ClN6O2S/c23-18-7-2-1-6-17(18)20(21-24-25-26-29(21)15-16-5-4-14-32-16)27-9-11-28(12-10-27)22(30)19-8-3-13-31-19/h1-8,13-14,20H,9-12,15H2/t20-/m1/s1. The Morgan fingerprint density at radius 1 is 1.09 bits per heavy atom. The fraction of sp³-hybridized carbons (Fsp3) is 0.273. The molecule has 5 rings (SSSR count). The minimum Gasteiger partial charge on any atom is -0.459 e. The lowest BCUT2D eigenvalue weighted by Crippen LogP contribution is -2.50. The molecule has 1 aliphatic heterocycles. The van der Waals surface area contributed by atoms with Gasteiger partial charge in [-0.05, 0) is 45.6 Å². The van der Waals surface area contributed by atoms with E-state index in [4.69, 9.17) is 16.0 Å². The van der Waals surface area contributed by atoms with Gasteiger partial charge in [0.05, 0.1) is 18.8 Å². The number of nitrogens with zero attached hydrogens (tertiary/aromatic N) is 6. The quantitative estimate of drug-likeness (QED) is 0.430. The number of carbonyl (C=O) groups is 1. The molecule has 1 amide bonds. The van der Waals surface area contributed by atoms with Crippen LogP contribution in [-0.2, 0) is 6.54 Å². The molecular formula is C22H21ClN6O2S. The number of benzene rings is 1. The number of hydrogen-bond acceptors (Lipinski definition) is 7. The summed E-state index contributed by atoms with van der Waals surface area (Å²) in [6.07, 6.45) is 1.52. The molecule has 0 saturated carbocycles. The molecule has 1 aliphatic rings. The Balaban J connectivity index is 1.42. The van der Waals surface area contributed by atoms with E-state index < -0.39 is 0 Å². The Bertz CT molecular complexity index is 1170. The molecule has 0 spiro atoms. The van der Waals surface area contributed by atoms with E-state index in [1.807, 2.05) is 45.3 Å². The van der Waals surface area contributed by atoms with Gasteiger partial charge in [-0.25, -0.2) is 4.68 Å². The molecule has 0 bridgehead atoms. The van der Waals surface area contributed by atoms with Crippen molar-refractivity contribution in [2.45, 2.75) is 12.6 Å². The van der Waals surface area contributed by atoms with Crippen LogP contribution in [-0.4, -0.2) is 62.1 Å². The van der Waals surface area contributed by atoms with Crippen molar-refractivity contribution in [3.05, 3.63) is 87.2 Å². The third-order valence-electron chi connectivity index (χ3n) is 5.59. The lowest BCUT2D eigenvalue weighted by Gasteiger charge is -2.38. The SMILES string of the molecule is O=C(c1ccco1)N1CCN([C@H](c2ccccc2Cl)c2nnnn2Cc2cccs2)CC1. The van der Waals surface area contributed by atoms with Gasteiger partial charge in [-0.2, -0.15) is 0 Å². The molecule has 164 valence electrons. The first kappa shape index (κ1) is 20.9. The van der Waals surface area contributed by atoms with Crippen molar-refractivity contribution in [2.24, 2.45) is 0 Å². The molecule has 0 radical (unpaired) electrons. The van der Waals surface area contributed by atoms with Crippen LogP contribution < -0.4 is 0 Å². The Morgan fingerprint density at radius 2 is 1.94 bits per heavy atom. The summed E-state index contributed by atoms with van der Waals surface area (Å²) in [5.41, 5.74) is 0.946. The van der Waals surface area contributed by atoms with E-state index in [0.717, 1.165) is 11.4 Å². The number of furan rings is 1. The Morgan fingerprint density at radius 3 is 2.66 bits per heavy atom. The fourth-order valence-corrected chi connectivity index (χ4v) is 4.93. The van der Waals surface area contributed by atoms with E-state index in [0.29, 0.717) is 43.5 Å². The van der Waals surface area contributed by atoms with E-state index in [1.165, 1.54) is 11.1 Å². The van der Waals surface area contributed by atoms with Gasteiger partial charge in [0.2, 0.25) is 0 Å². The van der Waals surface area contributed by atoms with Crippen molar-refractivity contribution < 1.29 is 9.21 Å². The average molecular weight is 469 g/mol. The van der Waals surface area contributed by atoms with Crippen LogP contribution in [0.25, 0.3) is 0 Å². The van der Waals surface area contributed by atoms with Gasteiger partial charge in [-0.15, -0.1) is 16.4 Å². The molecule has 10 heteroatoms. The van der Waals surface area contributed by atoms with Crippen molar-refractivity contribution in [2.75, 3.05) is 26.2 Å². The van der Waals surface area contributed by atoms with Crippen LogP contribution in [0.2, 0.25) is 5.02 Å². The molecule has 8 nitrogen and oxygen atoms in total. The third kappa shape index (κ3) is 4.19. The highest BCUT2D eigenvalue weighted by Crippen LogP contribution is 2.33. The van der Waals surface area contributed by atoms with Crippen LogP contribution in [0, 0.1) is 0 Å². The number of hydrogen-bond donors (Lipinski definition) is 0. The molecule has 0 N–H and O–H groups in total. The Labute approximate surface area is 194 Å². The molecule has 1 aromatic carbocycles. The van der Waals surface area contributed by atoms with Crippen molar-refractivity contribution >= 4 is 28.8 Å². The van der Waals surface area contributed by atoms with Crippen molar-refractivity contribution in [3.8, 4) is 0 Å². The number of amides is 1. The van der Waals surface area contributed by atoms with Crippen LogP contribution in [0.4, 0.5) is 0 Å². The number of halogens is 1. The summed E-state index contributed by atoms with van der Waals surface area (Å²) in [4.78, 5) is 17.9. The van der Waals surface area contributed by atoms with E-state index >= 15 is 0 Å². The number of tetrazole rings is 1. The first-order chi connectivity index (χ1) is 15.7. The second kappa shape index (κ2) is 9.23. The predicted molar refractivity (Wildman–Crippen MR) is 121 cm³/mol. The normalized spacial score (nSPS) is 15.7. The maximum atomic E-state index is 12.7. The summed E-state index contributed by atoms with van der Waals surface area (Å²) >= 11 is 8.29. The van der Waals surface area contributed by atoms with Gasteiger partial charge in [-0.1, -0.05) is 35.9 Å². The van der Waals surface area contributed by atoms with Gasteiger partial charge in [0, 0.05) is 36.1 Å². The van der Waals surface area contributed by atoms with Crippen molar-refractivity contribution in [3.63, 3.8) is 0 Å². The summed E-state index contributed by atoms with van der Waals surface area (Å²) < 4.78 is 7.11. The van der Waals surface area contributed by atoms with Gasteiger partial charge >= 0.3 is 0 Å². The number of rotatable bonds is 6. The lowest BCUT2D eigenvalue weighted by molar-refractivity contribution is 0.0559. The van der Waals surface area contributed by atoms with E-state index in [-0.39, 0.29) is 11.9 Å². The van der Waals surface area contributed by atoms with Crippen LogP contribution >= 0.6 is 22.9 Å². The molecular weight excluding hydrogens is 448 g/mol. The summed E-state index contributed by atoms with van der Waals surface area (Å²) in [6, 6.07) is 15.1. The topological polar surface area (TPSA) is 80.3 Å². The maximum Gasteiger partial charge on any atom is 0.289 e. The molecule has 0 aliphatic carbocycles. The molecule has 1 atom stereocenters. The zero-order valence-corrected chi connectivity index (χ0v) is 18.7. The largest absolute Gasteiger partial charge is 0.459 e. The number of aromatic nitrogens is 4. The molecule has 1 saturated heterocycles. The molecule has 32 heavy (non-hydrogen) atoms. The van der Waals surface area contributed by atoms with Crippen molar-refractivity contribution in [1.29, 1.82) is 0 Å². The molecule has 4 heterocycles. The highest BCUT2D eigenvalue weighted by molar-refractivity contribution is 7.09. The molecule has 1 fully saturated rings. The predicted octanol–water partition coefficient (Wildman–Crippen LogP) is 3.58. The fourth-order valence-electron chi connectivity index (χ4n) is 4.01. The van der Waals surface area contributed by atoms with Crippen LogP contribution in [0.1, 0.15) is 32.9 Å². The summed E-state index contributed by atoms with van der Waals surface area (Å²) in [5, 5.41) is 15.3. The Kier molecular flexibility index (Phi) is 6.02. The highest BCUT2D eigenvalue weighted by atomic mass is 35.5. The van der Waals surface area contributed by atoms with Gasteiger partial charge in [0.15, 0.2) is 11.6 Å². The second-order valence-corrected chi connectivity index (χ2v) is 8.94. The lowest BCUT2D eigenvalue weighted by atomic mass is 10.0. The first-order valence-corrected chi connectivity index (χ1v) is 11.6. The van der Waals surface area contributed by atoms with E-state index in [2.05, 4.69) is 26.5 Å². The summed E-state index contributed by atoms with van der Waals surface area (Å²) in [7, 11) is 0.